The van der Waals surface area contributed by atoms with E-state index in [1.165, 1.54) is 5.56 Å². The number of rotatable bonds is 7. The molecule has 1 unspecified atom stereocenters. The van der Waals surface area contributed by atoms with Crippen molar-refractivity contribution >= 4 is 6.09 Å². The number of amides is 1. The first-order chi connectivity index (χ1) is 10.7. The fourth-order valence-electron chi connectivity index (χ4n) is 2.15. The molecular weight excluding hydrogens is 292 g/mol. The Morgan fingerprint density at radius 2 is 1.91 bits per heavy atom. The molecule has 2 N–H and O–H groups in total. The van der Waals surface area contributed by atoms with Crippen molar-refractivity contribution in [2.75, 3.05) is 20.1 Å². The fourth-order valence-corrected chi connectivity index (χ4v) is 2.15. The Balaban J connectivity index is 2.21. The Kier molecular flexibility index (Phi) is 7.36. The molecule has 1 amide bonds. The molecule has 0 spiro atoms. The van der Waals surface area contributed by atoms with E-state index >= 15 is 0 Å². The van der Waals surface area contributed by atoms with Crippen LogP contribution < -0.4 is 5.32 Å². The molecule has 0 aromatic heterocycles. The molecule has 1 atom stereocenters. The molecule has 1 aromatic carbocycles. The summed E-state index contributed by atoms with van der Waals surface area (Å²) in [6.45, 7) is 9.23. The summed E-state index contributed by atoms with van der Waals surface area (Å²) in [5, 5.41) is 12.7. The van der Waals surface area contributed by atoms with Gasteiger partial charge in [0, 0.05) is 19.6 Å². The van der Waals surface area contributed by atoms with Crippen LogP contribution in [0.5, 0.6) is 5.75 Å². The maximum absolute atomic E-state index is 11.8. The summed E-state index contributed by atoms with van der Waals surface area (Å²) in [5.41, 5.74) is 0.732. The summed E-state index contributed by atoms with van der Waals surface area (Å²) < 4.78 is 5.31. The summed E-state index contributed by atoms with van der Waals surface area (Å²) in [6, 6.07) is 7.62. The second-order valence-electron chi connectivity index (χ2n) is 6.98. The maximum atomic E-state index is 11.8. The highest BCUT2D eigenvalue weighted by Crippen LogP contribution is 2.11. The Hall–Kier alpha value is -1.75. The van der Waals surface area contributed by atoms with Gasteiger partial charge in [0.05, 0.1) is 0 Å². The fraction of sp³-hybridized carbons (Fsp3) is 0.611. The minimum Gasteiger partial charge on any atom is -0.508 e. The lowest BCUT2D eigenvalue weighted by Crippen LogP contribution is -2.36. The van der Waals surface area contributed by atoms with E-state index in [4.69, 9.17) is 4.74 Å². The Labute approximate surface area is 139 Å². The first kappa shape index (κ1) is 19.3. The number of phenols is 1. The average Bonchev–Trinajstić information content (AvgIpc) is 2.44. The molecule has 0 saturated carbocycles. The van der Waals surface area contributed by atoms with Crippen LogP contribution in [0.4, 0.5) is 4.79 Å². The van der Waals surface area contributed by atoms with Crippen LogP contribution in [0.25, 0.3) is 0 Å². The van der Waals surface area contributed by atoms with Gasteiger partial charge in [-0.15, -0.1) is 0 Å². The van der Waals surface area contributed by atoms with E-state index in [1.54, 1.807) is 24.1 Å². The van der Waals surface area contributed by atoms with Gasteiger partial charge in [-0.05, 0) is 64.8 Å². The second kappa shape index (κ2) is 8.77. The predicted octanol–water partition coefficient (Wildman–Crippen LogP) is 3.17. The number of aromatic hydroxyl groups is 1. The zero-order chi connectivity index (χ0) is 17.5. The second-order valence-corrected chi connectivity index (χ2v) is 6.98. The summed E-state index contributed by atoms with van der Waals surface area (Å²) in [5.74, 6) is 0.291. The van der Waals surface area contributed by atoms with Gasteiger partial charge in [0.25, 0.3) is 0 Å². The van der Waals surface area contributed by atoms with E-state index in [-0.39, 0.29) is 6.09 Å². The number of benzene rings is 1. The van der Waals surface area contributed by atoms with Gasteiger partial charge < -0.3 is 20.1 Å². The number of nitrogens with zero attached hydrogens (tertiary/aromatic N) is 1. The van der Waals surface area contributed by atoms with Crippen LogP contribution >= 0.6 is 0 Å². The summed E-state index contributed by atoms with van der Waals surface area (Å²) in [4.78, 5) is 13.4. The van der Waals surface area contributed by atoms with E-state index < -0.39 is 5.60 Å². The number of hydrogen-bond acceptors (Lipinski definition) is 4. The molecule has 130 valence electrons. The zero-order valence-corrected chi connectivity index (χ0v) is 14.9. The highest BCUT2D eigenvalue weighted by molar-refractivity contribution is 5.67. The largest absolute Gasteiger partial charge is 0.508 e. The third kappa shape index (κ3) is 8.45. The van der Waals surface area contributed by atoms with Crippen LogP contribution in [0.1, 0.15) is 39.7 Å². The van der Waals surface area contributed by atoms with Crippen molar-refractivity contribution in [3.05, 3.63) is 29.8 Å². The zero-order valence-electron chi connectivity index (χ0n) is 14.9. The Morgan fingerprint density at radius 1 is 1.30 bits per heavy atom. The third-order valence-corrected chi connectivity index (χ3v) is 3.35. The molecule has 0 bridgehead atoms. The molecule has 23 heavy (non-hydrogen) atoms. The average molecular weight is 322 g/mol. The number of nitrogens with one attached hydrogen (secondary N) is 1. The summed E-state index contributed by atoms with van der Waals surface area (Å²) in [6.07, 6.45) is 1.49. The van der Waals surface area contributed by atoms with Gasteiger partial charge in [0.1, 0.15) is 11.4 Å². The van der Waals surface area contributed by atoms with E-state index in [9.17, 15) is 9.90 Å². The Bertz CT molecular complexity index is 480. The minimum absolute atomic E-state index is 0.283. The molecule has 1 rings (SSSR count). The van der Waals surface area contributed by atoms with Crippen LogP contribution in [0, 0.1) is 0 Å². The van der Waals surface area contributed by atoms with Crippen molar-refractivity contribution in [1.82, 2.24) is 10.2 Å². The van der Waals surface area contributed by atoms with Crippen LogP contribution in [-0.2, 0) is 11.2 Å². The summed E-state index contributed by atoms with van der Waals surface area (Å²) >= 11 is 0. The number of phenolic OH excluding ortho intramolecular Hbond substituents is 1. The van der Waals surface area contributed by atoms with Crippen molar-refractivity contribution < 1.29 is 14.6 Å². The number of hydrogen-bond donors (Lipinski definition) is 2. The van der Waals surface area contributed by atoms with Crippen molar-refractivity contribution in [3.8, 4) is 5.75 Å². The molecule has 0 fully saturated rings. The van der Waals surface area contributed by atoms with Crippen molar-refractivity contribution in [2.45, 2.75) is 52.2 Å². The van der Waals surface area contributed by atoms with E-state index in [2.05, 4.69) is 12.2 Å². The molecule has 0 aliphatic heterocycles. The van der Waals surface area contributed by atoms with Crippen LogP contribution in [-0.4, -0.2) is 47.9 Å². The molecule has 0 aliphatic rings. The molecule has 1 aromatic rings. The van der Waals surface area contributed by atoms with E-state index in [1.807, 2.05) is 32.9 Å². The maximum Gasteiger partial charge on any atom is 0.410 e. The van der Waals surface area contributed by atoms with Gasteiger partial charge in [-0.25, -0.2) is 4.79 Å². The van der Waals surface area contributed by atoms with Gasteiger partial charge >= 0.3 is 6.09 Å². The van der Waals surface area contributed by atoms with Crippen molar-refractivity contribution in [2.24, 2.45) is 0 Å². The SMILES string of the molecule is CC(Cc1ccc(O)cc1)NCCCN(C)C(=O)OC(C)(C)C. The van der Waals surface area contributed by atoms with Gasteiger partial charge in [-0.3, -0.25) is 0 Å². The number of ether oxygens (including phenoxy) is 1. The van der Waals surface area contributed by atoms with Crippen molar-refractivity contribution in [3.63, 3.8) is 0 Å². The Morgan fingerprint density at radius 3 is 2.48 bits per heavy atom. The lowest BCUT2D eigenvalue weighted by molar-refractivity contribution is 0.0297. The molecular formula is C18H30N2O3. The predicted molar refractivity (Wildman–Crippen MR) is 92.8 cm³/mol. The lowest BCUT2D eigenvalue weighted by Gasteiger charge is -2.24. The third-order valence-electron chi connectivity index (χ3n) is 3.35. The van der Waals surface area contributed by atoms with E-state index in [0.717, 1.165) is 19.4 Å². The van der Waals surface area contributed by atoms with Crippen LogP contribution in [0.15, 0.2) is 24.3 Å². The standard InChI is InChI=1S/C18H30N2O3/c1-14(13-15-7-9-16(21)10-8-15)19-11-6-12-20(5)17(22)23-18(2,3)4/h7-10,14,19,21H,6,11-13H2,1-5H3. The molecule has 0 aliphatic carbocycles. The van der Waals surface area contributed by atoms with Crippen LogP contribution in [0.3, 0.4) is 0 Å². The lowest BCUT2D eigenvalue weighted by atomic mass is 10.1. The van der Waals surface area contributed by atoms with Gasteiger partial charge in [0.2, 0.25) is 0 Å². The molecule has 0 heterocycles. The van der Waals surface area contributed by atoms with Gasteiger partial charge in [0.15, 0.2) is 0 Å². The normalized spacial score (nSPS) is 12.7. The molecule has 5 heteroatoms. The number of carbonyl (C=O) groups excluding carboxylic acids is 1. The van der Waals surface area contributed by atoms with Gasteiger partial charge in [-0.2, -0.15) is 0 Å². The smallest absolute Gasteiger partial charge is 0.410 e. The first-order valence-corrected chi connectivity index (χ1v) is 8.13. The topological polar surface area (TPSA) is 61.8 Å². The summed E-state index contributed by atoms with van der Waals surface area (Å²) in [7, 11) is 1.76. The highest BCUT2D eigenvalue weighted by Gasteiger charge is 2.19. The molecule has 0 saturated heterocycles. The van der Waals surface area contributed by atoms with E-state index in [0.29, 0.717) is 18.3 Å². The van der Waals surface area contributed by atoms with Crippen molar-refractivity contribution in [1.29, 1.82) is 0 Å². The molecule has 5 nitrogen and oxygen atoms in total. The van der Waals surface area contributed by atoms with Crippen LogP contribution in [0.2, 0.25) is 0 Å². The van der Waals surface area contributed by atoms with Gasteiger partial charge in [-0.1, -0.05) is 12.1 Å². The minimum atomic E-state index is -0.456. The first-order valence-electron chi connectivity index (χ1n) is 8.13. The quantitative estimate of drug-likeness (QED) is 0.757. The monoisotopic (exact) mass is 322 g/mol. The highest BCUT2D eigenvalue weighted by atomic mass is 16.6. The number of carbonyl (C=O) groups is 1. The molecule has 0 radical (unpaired) electrons.